The maximum Gasteiger partial charge on any atom is 0.420 e. The number of oxazole rings is 1. The zero-order chi connectivity index (χ0) is 18.7. The Morgan fingerprint density at radius 3 is 2.85 bits per heavy atom. The Bertz CT molecular complexity index is 990. The van der Waals surface area contributed by atoms with Gasteiger partial charge in [0, 0.05) is 18.1 Å². The van der Waals surface area contributed by atoms with Gasteiger partial charge in [0.15, 0.2) is 5.58 Å². The lowest BCUT2D eigenvalue weighted by Crippen LogP contribution is -2.40. The quantitative estimate of drug-likeness (QED) is 0.703. The van der Waals surface area contributed by atoms with Gasteiger partial charge in [-0.3, -0.25) is 14.2 Å². The summed E-state index contributed by atoms with van der Waals surface area (Å²) >= 11 is 5.86. The summed E-state index contributed by atoms with van der Waals surface area (Å²) in [6, 6.07) is 8.16. The monoisotopic (exact) mass is 377 g/mol. The van der Waals surface area contributed by atoms with Crippen molar-refractivity contribution in [2.75, 3.05) is 13.6 Å². The van der Waals surface area contributed by atoms with Gasteiger partial charge in [0.05, 0.1) is 24.9 Å². The first-order valence-corrected chi connectivity index (χ1v) is 8.14. The van der Waals surface area contributed by atoms with Crippen molar-refractivity contribution in [2.24, 2.45) is 0 Å². The molecular weight excluding hydrogens is 362 g/mol. The minimum Gasteiger partial charge on any atom is -0.467 e. The van der Waals surface area contributed by atoms with Crippen molar-refractivity contribution in [3.63, 3.8) is 0 Å². The van der Waals surface area contributed by atoms with Crippen molar-refractivity contribution in [3.8, 4) is 0 Å². The number of nitrogens with zero attached hydrogens (tertiary/aromatic N) is 2. The molecule has 0 aliphatic carbocycles. The van der Waals surface area contributed by atoms with E-state index >= 15 is 0 Å². The van der Waals surface area contributed by atoms with Crippen LogP contribution in [0.25, 0.3) is 11.1 Å². The SMILES string of the molecule is CN(CC(=O)NCc1ccco1)C(=O)Cn1c(=O)oc2cc(Cl)ccc21. The molecule has 1 N–H and O–H groups in total. The molecule has 0 saturated heterocycles. The predicted molar refractivity (Wildman–Crippen MR) is 93.7 cm³/mol. The van der Waals surface area contributed by atoms with Gasteiger partial charge in [0.25, 0.3) is 0 Å². The van der Waals surface area contributed by atoms with Crippen LogP contribution in [-0.2, 0) is 22.7 Å². The van der Waals surface area contributed by atoms with Crippen molar-refractivity contribution < 1.29 is 18.4 Å². The van der Waals surface area contributed by atoms with Crippen LogP contribution in [0.1, 0.15) is 5.76 Å². The largest absolute Gasteiger partial charge is 0.467 e. The highest BCUT2D eigenvalue weighted by Gasteiger charge is 2.17. The molecule has 26 heavy (non-hydrogen) atoms. The van der Waals surface area contributed by atoms with Crippen LogP contribution < -0.4 is 11.1 Å². The van der Waals surface area contributed by atoms with E-state index in [1.807, 2.05) is 0 Å². The third-order valence-corrected chi connectivity index (χ3v) is 4.01. The fourth-order valence-corrected chi connectivity index (χ4v) is 2.57. The summed E-state index contributed by atoms with van der Waals surface area (Å²) in [5.41, 5.74) is 0.762. The Kier molecular flexibility index (Phi) is 5.13. The molecule has 2 amide bonds. The van der Waals surface area contributed by atoms with Gasteiger partial charge in [-0.25, -0.2) is 4.79 Å². The lowest BCUT2D eigenvalue weighted by Gasteiger charge is -2.16. The highest BCUT2D eigenvalue weighted by atomic mass is 35.5. The Labute approximate surface area is 152 Å². The summed E-state index contributed by atoms with van der Waals surface area (Å²) in [5, 5.41) is 3.07. The number of hydrogen-bond acceptors (Lipinski definition) is 5. The summed E-state index contributed by atoms with van der Waals surface area (Å²) in [6.07, 6.45) is 1.51. The van der Waals surface area contributed by atoms with Gasteiger partial charge in [0.1, 0.15) is 12.3 Å². The van der Waals surface area contributed by atoms with E-state index in [4.69, 9.17) is 20.4 Å². The van der Waals surface area contributed by atoms with E-state index in [-0.39, 0.29) is 25.5 Å². The highest BCUT2D eigenvalue weighted by Crippen LogP contribution is 2.18. The summed E-state index contributed by atoms with van der Waals surface area (Å²) in [6.45, 7) is -0.147. The molecule has 2 aromatic heterocycles. The molecule has 0 atom stereocenters. The molecule has 3 aromatic rings. The molecule has 8 nitrogen and oxygen atoms in total. The first-order chi connectivity index (χ1) is 12.4. The van der Waals surface area contributed by atoms with Gasteiger partial charge < -0.3 is 19.1 Å². The van der Waals surface area contributed by atoms with Crippen LogP contribution in [0.15, 0.2) is 50.2 Å². The fourth-order valence-electron chi connectivity index (χ4n) is 2.40. The average Bonchev–Trinajstić information content (AvgIpc) is 3.21. The molecule has 3 rings (SSSR count). The number of carbonyl (C=O) groups excluding carboxylic acids is 2. The molecule has 2 heterocycles. The number of furan rings is 1. The molecular formula is C17H16ClN3O5. The van der Waals surface area contributed by atoms with Crippen LogP contribution in [0.3, 0.4) is 0 Å². The third-order valence-electron chi connectivity index (χ3n) is 3.77. The molecule has 0 saturated carbocycles. The standard InChI is InChI=1S/C17H16ClN3O5/c1-20(9-15(22)19-8-12-3-2-6-25-12)16(23)10-21-13-5-4-11(18)7-14(13)26-17(21)24/h2-7H,8-10H2,1H3,(H,19,22). The predicted octanol–water partition coefficient (Wildman–Crippen LogP) is 1.62. The number of amides is 2. The van der Waals surface area contributed by atoms with Crippen LogP contribution in [-0.4, -0.2) is 34.9 Å². The number of rotatable bonds is 6. The summed E-state index contributed by atoms with van der Waals surface area (Å²) in [5.74, 6) is -0.792. The van der Waals surface area contributed by atoms with Crippen LogP contribution in [0.5, 0.6) is 0 Å². The first-order valence-electron chi connectivity index (χ1n) is 7.76. The summed E-state index contributed by atoms with van der Waals surface area (Å²) in [7, 11) is 1.49. The van der Waals surface area contributed by atoms with E-state index in [1.165, 1.54) is 28.8 Å². The maximum atomic E-state index is 12.3. The van der Waals surface area contributed by atoms with E-state index < -0.39 is 11.7 Å². The molecule has 0 spiro atoms. The van der Waals surface area contributed by atoms with Crippen LogP contribution in [0.2, 0.25) is 5.02 Å². The number of halogens is 1. The van der Waals surface area contributed by atoms with Crippen molar-refractivity contribution >= 4 is 34.5 Å². The van der Waals surface area contributed by atoms with Gasteiger partial charge in [-0.15, -0.1) is 0 Å². The normalized spacial score (nSPS) is 10.8. The smallest absolute Gasteiger partial charge is 0.420 e. The minimum atomic E-state index is -0.661. The van der Waals surface area contributed by atoms with E-state index in [9.17, 15) is 14.4 Å². The van der Waals surface area contributed by atoms with Crippen molar-refractivity contribution in [1.82, 2.24) is 14.8 Å². The highest BCUT2D eigenvalue weighted by molar-refractivity contribution is 6.31. The van der Waals surface area contributed by atoms with Gasteiger partial charge in [-0.1, -0.05) is 11.6 Å². The lowest BCUT2D eigenvalue weighted by molar-refractivity contribution is -0.135. The molecule has 0 fully saturated rings. The number of hydrogen-bond donors (Lipinski definition) is 1. The zero-order valence-electron chi connectivity index (χ0n) is 13.9. The molecule has 0 unspecified atom stereocenters. The number of fused-ring (bicyclic) bond motifs is 1. The molecule has 0 aliphatic rings. The third kappa shape index (κ3) is 3.97. The number of aromatic nitrogens is 1. The van der Waals surface area contributed by atoms with Crippen molar-refractivity contribution in [1.29, 1.82) is 0 Å². The number of likely N-dealkylation sites (N-methyl/N-ethyl adjacent to an activating group) is 1. The van der Waals surface area contributed by atoms with Crippen LogP contribution >= 0.6 is 11.6 Å². The zero-order valence-corrected chi connectivity index (χ0v) is 14.7. The Morgan fingerprint density at radius 2 is 2.12 bits per heavy atom. The molecule has 0 radical (unpaired) electrons. The van der Waals surface area contributed by atoms with Crippen molar-refractivity contribution in [3.05, 3.63) is 57.9 Å². The van der Waals surface area contributed by atoms with E-state index in [2.05, 4.69) is 5.32 Å². The Hall–Kier alpha value is -3.00. The fraction of sp³-hybridized carbons (Fsp3) is 0.235. The van der Waals surface area contributed by atoms with E-state index in [0.29, 0.717) is 21.9 Å². The number of carbonyl (C=O) groups is 2. The van der Waals surface area contributed by atoms with E-state index in [0.717, 1.165) is 0 Å². The van der Waals surface area contributed by atoms with Crippen LogP contribution in [0.4, 0.5) is 0 Å². The summed E-state index contributed by atoms with van der Waals surface area (Å²) < 4.78 is 11.4. The Balaban J connectivity index is 1.61. The number of nitrogens with one attached hydrogen (secondary N) is 1. The Morgan fingerprint density at radius 1 is 1.31 bits per heavy atom. The topological polar surface area (TPSA) is 97.7 Å². The lowest BCUT2D eigenvalue weighted by atomic mass is 10.3. The molecule has 1 aromatic carbocycles. The van der Waals surface area contributed by atoms with Crippen molar-refractivity contribution in [2.45, 2.75) is 13.1 Å². The van der Waals surface area contributed by atoms with Gasteiger partial charge in [-0.05, 0) is 24.3 Å². The summed E-state index contributed by atoms with van der Waals surface area (Å²) in [4.78, 5) is 37.5. The molecule has 9 heteroatoms. The number of benzene rings is 1. The van der Waals surface area contributed by atoms with Crippen LogP contribution in [0, 0.1) is 0 Å². The minimum absolute atomic E-state index is 0.143. The average molecular weight is 378 g/mol. The second-order valence-electron chi connectivity index (χ2n) is 5.67. The first kappa shape index (κ1) is 17.8. The van der Waals surface area contributed by atoms with Gasteiger partial charge in [0.2, 0.25) is 11.8 Å². The molecule has 0 aliphatic heterocycles. The van der Waals surface area contributed by atoms with Gasteiger partial charge >= 0.3 is 5.76 Å². The molecule has 136 valence electrons. The second kappa shape index (κ2) is 7.49. The van der Waals surface area contributed by atoms with Gasteiger partial charge in [-0.2, -0.15) is 0 Å². The van der Waals surface area contributed by atoms with E-state index in [1.54, 1.807) is 24.3 Å². The second-order valence-corrected chi connectivity index (χ2v) is 6.11. The maximum absolute atomic E-state index is 12.3. The molecule has 0 bridgehead atoms.